The summed E-state index contributed by atoms with van der Waals surface area (Å²) in [4.78, 5) is 16.1. The molecule has 0 atom stereocenters. The maximum atomic E-state index is 11.1. The third kappa shape index (κ3) is 3.79. The number of carbonyl (C=O) groups excluding carboxylic acids is 1. The Morgan fingerprint density at radius 3 is 2.92 bits per heavy atom. The van der Waals surface area contributed by atoms with E-state index in [0.29, 0.717) is 6.54 Å². The molecule has 0 aliphatic rings. The fraction of sp³-hybridized carbons (Fsp3) is 0.444. The van der Waals surface area contributed by atoms with Gasteiger partial charge in [0.05, 0.1) is 0 Å². The largest absolute Gasteiger partial charge is 0.272 e. The molecule has 12 heavy (non-hydrogen) atoms. The smallest absolute Gasteiger partial charge is 0.249 e. The molecular formula is C9H13NO2. The van der Waals surface area contributed by atoms with Crippen LogP contribution in [0.4, 0.5) is 0 Å². The molecule has 0 aliphatic heterocycles. The zero-order chi connectivity index (χ0) is 9.40. The summed E-state index contributed by atoms with van der Waals surface area (Å²) < 4.78 is 0. The van der Waals surface area contributed by atoms with Gasteiger partial charge in [-0.1, -0.05) is 12.0 Å². The van der Waals surface area contributed by atoms with E-state index in [0.717, 1.165) is 0 Å². The van der Waals surface area contributed by atoms with Crippen LogP contribution >= 0.6 is 0 Å². The van der Waals surface area contributed by atoms with Gasteiger partial charge in [-0.2, -0.15) is 0 Å². The fourth-order valence-corrected chi connectivity index (χ4v) is 0.680. The van der Waals surface area contributed by atoms with Gasteiger partial charge in [-0.25, -0.2) is 5.06 Å². The van der Waals surface area contributed by atoms with E-state index in [4.69, 9.17) is 11.3 Å². The lowest BCUT2D eigenvalue weighted by Gasteiger charge is -2.17. The Hall–Kier alpha value is -1.27. The fourth-order valence-electron chi connectivity index (χ4n) is 0.680. The lowest BCUT2D eigenvalue weighted by Crippen LogP contribution is -2.30. The van der Waals surface area contributed by atoms with Crippen molar-refractivity contribution >= 4 is 5.91 Å². The molecule has 1 amide bonds. The summed E-state index contributed by atoms with van der Waals surface area (Å²) in [6, 6.07) is 0. The van der Waals surface area contributed by atoms with Gasteiger partial charge in [-0.3, -0.25) is 9.63 Å². The number of rotatable bonds is 5. The minimum Gasteiger partial charge on any atom is -0.272 e. The van der Waals surface area contributed by atoms with Crippen LogP contribution in [-0.4, -0.2) is 24.1 Å². The minimum atomic E-state index is -0.122. The molecule has 0 unspecified atom stereocenters. The highest BCUT2D eigenvalue weighted by atomic mass is 16.7. The van der Waals surface area contributed by atoms with Gasteiger partial charge < -0.3 is 0 Å². The second kappa shape index (κ2) is 6.44. The number of carbonyl (C=O) groups is 1. The first-order valence-electron chi connectivity index (χ1n) is 3.73. The van der Waals surface area contributed by atoms with Gasteiger partial charge in [0, 0.05) is 13.0 Å². The van der Waals surface area contributed by atoms with Crippen LogP contribution in [0.2, 0.25) is 0 Å². The van der Waals surface area contributed by atoms with E-state index in [2.05, 4.69) is 12.5 Å². The highest BCUT2D eigenvalue weighted by Gasteiger charge is 2.08. The Labute approximate surface area is 73.0 Å². The lowest BCUT2D eigenvalue weighted by molar-refractivity contribution is -0.179. The first-order chi connectivity index (χ1) is 5.76. The monoisotopic (exact) mass is 167 g/mol. The molecule has 0 heterocycles. The Morgan fingerprint density at radius 2 is 2.50 bits per heavy atom. The van der Waals surface area contributed by atoms with Crippen molar-refractivity contribution in [2.24, 2.45) is 0 Å². The molecule has 0 aromatic heterocycles. The summed E-state index contributed by atoms with van der Waals surface area (Å²) in [5.74, 6) is 2.17. The molecule has 0 spiro atoms. The van der Waals surface area contributed by atoms with Crippen LogP contribution in [0, 0.1) is 12.3 Å². The quantitative estimate of drug-likeness (QED) is 0.347. The zero-order valence-corrected chi connectivity index (χ0v) is 7.25. The van der Waals surface area contributed by atoms with Gasteiger partial charge >= 0.3 is 0 Å². The number of hydroxylamine groups is 2. The molecule has 0 rings (SSSR count). The minimum absolute atomic E-state index is 0.122. The van der Waals surface area contributed by atoms with E-state index in [-0.39, 0.29) is 18.9 Å². The lowest BCUT2D eigenvalue weighted by atomic mass is 10.4. The van der Waals surface area contributed by atoms with Gasteiger partial charge in [0.1, 0.15) is 6.61 Å². The van der Waals surface area contributed by atoms with Gasteiger partial charge in [0.25, 0.3) is 0 Å². The molecule has 0 N–H and O–H groups in total. The number of amides is 1. The molecule has 0 saturated carbocycles. The van der Waals surface area contributed by atoms with Crippen molar-refractivity contribution in [1.29, 1.82) is 0 Å². The van der Waals surface area contributed by atoms with Crippen molar-refractivity contribution in [3.8, 4) is 12.3 Å². The maximum Gasteiger partial charge on any atom is 0.249 e. The van der Waals surface area contributed by atoms with Crippen LogP contribution in [0.3, 0.4) is 0 Å². The van der Waals surface area contributed by atoms with Crippen molar-refractivity contribution in [3.63, 3.8) is 0 Å². The average molecular weight is 167 g/mol. The second-order valence-corrected chi connectivity index (χ2v) is 2.06. The van der Waals surface area contributed by atoms with Crippen LogP contribution in [-0.2, 0) is 9.63 Å². The van der Waals surface area contributed by atoms with Crippen molar-refractivity contribution < 1.29 is 9.63 Å². The summed E-state index contributed by atoms with van der Waals surface area (Å²) in [5, 5.41) is 1.24. The highest BCUT2D eigenvalue weighted by molar-refractivity contribution is 5.76. The molecule has 0 bridgehead atoms. The molecule has 0 aromatic carbocycles. The predicted octanol–water partition coefficient (Wildman–Crippen LogP) is 0.976. The van der Waals surface area contributed by atoms with E-state index in [1.165, 1.54) is 11.1 Å². The van der Waals surface area contributed by atoms with Gasteiger partial charge in [-0.05, 0) is 6.92 Å². The van der Waals surface area contributed by atoms with E-state index in [1.807, 2.05) is 6.92 Å². The Morgan fingerprint density at radius 1 is 1.83 bits per heavy atom. The molecule has 0 radical (unpaired) electrons. The zero-order valence-electron chi connectivity index (χ0n) is 7.25. The van der Waals surface area contributed by atoms with Crippen LogP contribution in [0.15, 0.2) is 12.7 Å². The average Bonchev–Trinajstić information content (AvgIpc) is 2.06. The number of hydrogen-bond donors (Lipinski definition) is 0. The van der Waals surface area contributed by atoms with E-state index >= 15 is 0 Å². The molecule has 0 aliphatic carbocycles. The molecule has 0 aromatic rings. The molecule has 0 fully saturated rings. The molecule has 0 saturated heterocycles. The van der Waals surface area contributed by atoms with E-state index in [1.54, 1.807) is 0 Å². The highest BCUT2D eigenvalue weighted by Crippen LogP contribution is 1.95. The number of terminal acetylenes is 1. The van der Waals surface area contributed by atoms with Crippen molar-refractivity contribution in [1.82, 2.24) is 5.06 Å². The van der Waals surface area contributed by atoms with Crippen molar-refractivity contribution in [2.75, 3.05) is 13.2 Å². The second-order valence-electron chi connectivity index (χ2n) is 2.06. The number of hydrogen-bond acceptors (Lipinski definition) is 2. The predicted molar refractivity (Wildman–Crippen MR) is 47.0 cm³/mol. The van der Waals surface area contributed by atoms with Gasteiger partial charge in [0.2, 0.25) is 5.91 Å². The summed E-state index contributed by atoms with van der Waals surface area (Å²) in [5.41, 5.74) is 0. The van der Waals surface area contributed by atoms with Crippen LogP contribution < -0.4 is 0 Å². The first-order valence-corrected chi connectivity index (χ1v) is 3.73. The normalized spacial score (nSPS) is 8.67. The Bertz CT molecular complexity index is 193. The topological polar surface area (TPSA) is 29.5 Å². The molecule has 3 heteroatoms. The van der Waals surface area contributed by atoms with Crippen LogP contribution in [0.25, 0.3) is 0 Å². The third-order valence-electron chi connectivity index (χ3n) is 1.19. The van der Waals surface area contributed by atoms with Gasteiger partial charge in [-0.15, -0.1) is 13.0 Å². The van der Waals surface area contributed by atoms with Crippen LogP contribution in [0.5, 0.6) is 0 Å². The maximum absolute atomic E-state index is 11.1. The first kappa shape index (κ1) is 10.7. The van der Waals surface area contributed by atoms with Crippen molar-refractivity contribution in [3.05, 3.63) is 12.7 Å². The number of nitrogens with zero attached hydrogens (tertiary/aromatic N) is 1. The molecule has 66 valence electrons. The van der Waals surface area contributed by atoms with Crippen LogP contribution in [0.1, 0.15) is 13.3 Å². The SMILES string of the molecule is C#CCON(CC)C(=O)CC=C. The van der Waals surface area contributed by atoms with E-state index < -0.39 is 0 Å². The van der Waals surface area contributed by atoms with E-state index in [9.17, 15) is 4.79 Å². The summed E-state index contributed by atoms with van der Waals surface area (Å²) in [6.45, 7) is 5.89. The third-order valence-corrected chi connectivity index (χ3v) is 1.19. The summed E-state index contributed by atoms with van der Waals surface area (Å²) in [7, 11) is 0. The molecular weight excluding hydrogens is 154 g/mol. The Kier molecular flexibility index (Phi) is 5.76. The molecule has 3 nitrogen and oxygen atoms in total. The summed E-state index contributed by atoms with van der Waals surface area (Å²) >= 11 is 0. The van der Waals surface area contributed by atoms with Crippen molar-refractivity contribution in [2.45, 2.75) is 13.3 Å². The van der Waals surface area contributed by atoms with Gasteiger partial charge in [0.15, 0.2) is 0 Å². The standard InChI is InChI=1S/C9H13NO2/c1-4-7-9(11)10(6-3)12-8-5-2/h2,4H,1,6-8H2,3H3. The Balaban J connectivity index is 3.88. The summed E-state index contributed by atoms with van der Waals surface area (Å²) in [6.07, 6.45) is 6.78.